The number of rotatable bonds is 10. The van der Waals surface area contributed by atoms with E-state index in [0.717, 1.165) is 5.56 Å². The molecule has 8 heteroatoms. The minimum Gasteiger partial charge on any atom is -0.464 e. The lowest BCUT2D eigenvalue weighted by molar-refractivity contribution is -0.144. The molecule has 0 saturated heterocycles. The van der Waals surface area contributed by atoms with Gasteiger partial charge in [-0.25, -0.2) is 4.98 Å². The summed E-state index contributed by atoms with van der Waals surface area (Å²) >= 11 is 12.1. The van der Waals surface area contributed by atoms with Gasteiger partial charge in [0.2, 0.25) is 5.91 Å². The van der Waals surface area contributed by atoms with E-state index in [9.17, 15) is 9.59 Å². The molecule has 1 heterocycles. The Labute approximate surface area is 196 Å². The third kappa shape index (κ3) is 7.39. The third-order valence-corrected chi connectivity index (χ3v) is 5.29. The van der Waals surface area contributed by atoms with Crippen LogP contribution in [0.5, 0.6) is 0 Å². The van der Waals surface area contributed by atoms with Crippen LogP contribution >= 0.6 is 23.2 Å². The van der Waals surface area contributed by atoms with Gasteiger partial charge < -0.3 is 14.5 Å². The summed E-state index contributed by atoms with van der Waals surface area (Å²) in [6.07, 6.45) is 3.04. The first-order valence-electron chi connectivity index (χ1n) is 10.3. The third-order valence-electron chi connectivity index (χ3n) is 4.74. The topological polar surface area (TPSA) is 81.4 Å². The molecule has 1 aromatic heterocycles. The lowest BCUT2D eigenvalue weighted by atomic mass is 10.1. The first-order chi connectivity index (χ1) is 15.4. The van der Waals surface area contributed by atoms with Crippen molar-refractivity contribution < 1.29 is 18.7 Å². The number of benzene rings is 2. The molecule has 6 nitrogen and oxygen atoms in total. The lowest BCUT2D eigenvalue weighted by Gasteiger charge is -2.07. The van der Waals surface area contributed by atoms with Crippen LogP contribution in [0.1, 0.15) is 29.9 Å². The molecule has 0 spiro atoms. The Balaban J connectivity index is 1.32. The maximum Gasteiger partial charge on any atom is 0.306 e. The molecule has 32 heavy (non-hydrogen) atoms. The van der Waals surface area contributed by atoms with Crippen molar-refractivity contribution >= 4 is 35.1 Å². The molecule has 0 aliphatic heterocycles. The largest absolute Gasteiger partial charge is 0.464 e. The standard InChI is InChI=1S/C24H24Cl2N2O4/c1-16-2-4-17(5-3-16)6-9-22(29)27-12-13-31-24(30)11-10-23-28-15-21(32-23)19-8-7-18(25)14-20(19)26/h2-5,7-8,14-15H,6,9-13H2,1H3,(H,27,29). The van der Waals surface area contributed by atoms with Gasteiger partial charge in [-0.2, -0.15) is 0 Å². The van der Waals surface area contributed by atoms with Gasteiger partial charge in [0.1, 0.15) is 6.61 Å². The molecular weight excluding hydrogens is 451 g/mol. The quantitative estimate of drug-likeness (QED) is 0.323. The highest BCUT2D eigenvalue weighted by Gasteiger charge is 2.12. The molecule has 1 N–H and O–H groups in total. The molecular formula is C24H24Cl2N2O4. The van der Waals surface area contributed by atoms with Crippen LogP contribution < -0.4 is 5.32 Å². The second-order valence-corrected chi connectivity index (χ2v) is 8.14. The molecule has 0 bridgehead atoms. The van der Waals surface area contributed by atoms with E-state index in [-0.39, 0.29) is 31.4 Å². The van der Waals surface area contributed by atoms with Gasteiger partial charge >= 0.3 is 5.97 Å². The van der Waals surface area contributed by atoms with Crippen LogP contribution in [0.25, 0.3) is 11.3 Å². The molecule has 2 aromatic carbocycles. The van der Waals surface area contributed by atoms with E-state index in [1.807, 2.05) is 31.2 Å². The van der Waals surface area contributed by atoms with Crippen molar-refractivity contribution in [3.63, 3.8) is 0 Å². The van der Waals surface area contributed by atoms with E-state index in [4.69, 9.17) is 32.4 Å². The number of amides is 1. The Bertz CT molecular complexity index is 1060. The Hall–Kier alpha value is -2.83. The van der Waals surface area contributed by atoms with Gasteiger partial charge in [0, 0.05) is 23.4 Å². The van der Waals surface area contributed by atoms with E-state index >= 15 is 0 Å². The zero-order valence-electron chi connectivity index (χ0n) is 17.7. The summed E-state index contributed by atoms with van der Waals surface area (Å²) in [7, 11) is 0. The number of esters is 1. The SMILES string of the molecule is Cc1ccc(CCC(=O)NCCOC(=O)CCc2ncc(-c3ccc(Cl)cc3Cl)o2)cc1. The first kappa shape index (κ1) is 23.8. The summed E-state index contributed by atoms with van der Waals surface area (Å²) in [6, 6.07) is 13.2. The van der Waals surface area contributed by atoms with E-state index in [1.165, 1.54) is 5.56 Å². The molecule has 0 atom stereocenters. The number of carbonyl (C=O) groups excluding carboxylic acids is 2. The van der Waals surface area contributed by atoms with E-state index < -0.39 is 0 Å². The number of nitrogens with one attached hydrogen (secondary N) is 1. The first-order valence-corrected chi connectivity index (χ1v) is 11.0. The van der Waals surface area contributed by atoms with Crippen molar-refractivity contribution in [2.75, 3.05) is 13.2 Å². The molecule has 0 saturated carbocycles. The van der Waals surface area contributed by atoms with Gasteiger partial charge in [-0.05, 0) is 37.1 Å². The second kappa shape index (κ2) is 11.7. The molecule has 0 unspecified atom stereocenters. The van der Waals surface area contributed by atoms with Gasteiger partial charge in [-0.15, -0.1) is 0 Å². The molecule has 3 rings (SSSR count). The van der Waals surface area contributed by atoms with Crippen LogP contribution in [0.4, 0.5) is 0 Å². The van der Waals surface area contributed by atoms with Gasteiger partial charge in [0.25, 0.3) is 0 Å². The maximum atomic E-state index is 11.9. The van der Waals surface area contributed by atoms with E-state index in [1.54, 1.807) is 24.4 Å². The molecule has 0 aliphatic rings. The number of hydrogen-bond acceptors (Lipinski definition) is 5. The Morgan fingerprint density at radius 1 is 1.06 bits per heavy atom. The lowest BCUT2D eigenvalue weighted by Crippen LogP contribution is -2.28. The fourth-order valence-corrected chi connectivity index (χ4v) is 3.48. The fourth-order valence-electron chi connectivity index (χ4n) is 2.98. The highest BCUT2D eigenvalue weighted by Crippen LogP contribution is 2.30. The summed E-state index contributed by atoms with van der Waals surface area (Å²) in [6.45, 7) is 2.42. The maximum absolute atomic E-state index is 11.9. The van der Waals surface area contributed by atoms with Crippen molar-refractivity contribution in [3.05, 3.63) is 75.7 Å². The van der Waals surface area contributed by atoms with Crippen molar-refractivity contribution in [1.82, 2.24) is 10.3 Å². The van der Waals surface area contributed by atoms with Crippen LogP contribution in [-0.2, 0) is 27.2 Å². The molecule has 1 amide bonds. The Kier molecular flexibility index (Phi) is 8.71. The van der Waals surface area contributed by atoms with Gasteiger partial charge in [-0.3, -0.25) is 9.59 Å². The van der Waals surface area contributed by atoms with Gasteiger partial charge in [-0.1, -0.05) is 53.0 Å². The zero-order valence-corrected chi connectivity index (χ0v) is 19.2. The minimum absolute atomic E-state index is 0.0743. The number of ether oxygens (including phenoxy) is 1. The van der Waals surface area contributed by atoms with Crippen LogP contribution in [0, 0.1) is 6.92 Å². The summed E-state index contributed by atoms with van der Waals surface area (Å²) in [5.74, 6) is 0.453. The zero-order chi connectivity index (χ0) is 22.9. The number of oxazole rings is 1. The Morgan fingerprint density at radius 3 is 2.59 bits per heavy atom. The predicted octanol–water partition coefficient (Wildman–Crippen LogP) is 5.18. The highest BCUT2D eigenvalue weighted by atomic mass is 35.5. The summed E-state index contributed by atoms with van der Waals surface area (Å²) in [5.41, 5.74) is 2.98. The van der Waals surface area contributed by atoms with E-state index in [0.29, 0.717) is 46.5 Å². The number of aryl methyl sites for hydroxylation is 3. The van der Waals surface area contributed by atoms with Crippen molar-refractivity contribution in [2.45, 2.75) is 32.6 Å². The Morgan fingerprint density at radius 2 is 1.84 bits per heavy atom. The van der Waals surface area contributed by atoms with Crippen molar-refractivity contribution in [3.8, 4) is 11.3 Å². The van der Waals surface area contributed by atoms with Crippen LogP contribution in [0.2, 0.25) is 10.0 Å². The van der Waals surface area contributed by atoms with Crippen molar-refractivity contribution in [2.24, 2.45) is 0 Å². The van der Waals surface area contributed by atoms with Crippen LogP contribution in [-0.4, -0.2) is 30.0 Å². The number of nitrogens with zero attached hydrogens (tertiary/aromatic N) is 1. The number of halogens is 2. The normalized spacial score (nSPS) is 10.7. The average molecular weight is 475 g/mol. The predicted molar refractivity (Wildman–Crippen MR) is 124 cm³/mol. The van der Waals surface area contributed by atoms with E-state index in [2.05, 4.69) is 10.3 Å². The van der Waals surface area contributed by atoms with Crippen LogP contribution in [0.3, 0.4) is 0 Å². The van der Waals surface area contributed by atoms with Crippen LogP contribution in [0.15, 0.2) is 53.1 Å². The summed E-state index contributed by atoms with van der Waals surface area (Å²) in [4.78, 5) is 28.0. The molecule has 0 fully saturated rings. The molecule has 168 valence electrons. The number of hydrogen-bond donors (Lipinski definition) is 1. The number of aromatic nitrogens is 1. The summed E-state index contributed by atoms with van der Waals surface area (Å²) in [5, 5.41) is 3.75. The summed E-state index contributed by atoms with van der Waals surface area (Å²) < 4.78 is 10.8. The highest BCUT2D eigenvalue weighted by molar-refractivity contribution is 6.36. The fraction of sp³-hybridized carbons (Fsp3) is 0.292. The average Bonchev–Trinajstić information content (AvgIpc) is 3.23. The van der Waals surface area contributed by atoms with Crippen molar-refractivity contribution in [1.29, 1.82) is 0 Å². The van der Waals surface area contributed by atoms with Gasteiger partial charge in [0.05, 0.1) is 24.2 Å². The molecule has 0 aliphatic carbocycles. The smallest absolute Gasteiger partial charge is 0.306 e. The monoisotopic (exact) mass is 474 g/mol. The van der Waals surface area contributed by atoms with Gasteiger partial charge in [0.15, 0.2) is 11.7 Å². The number of carbonyl (C=O) groups is 2. The minimum atomic E-state index is -0.386. The molecule has 0 radical (unpaired) electrons. The second-order valence-electron chi connectivity index (χ2n) is 7.30. The molecule has 3 aromatic rings.